The fourth-order valence-electron chi connectivity index (χ4n) is 1.36. The second-order valence-corrected chi connectivity index (χ2v) is 3.59. The zero-order valence-electron chi connectivity index (χ0n) is 8.84. The van der Waals surface area contributed by atoms with Gasteiger partial charge >= 0.3 is 0 Å². The van der Waals surface area contributed by atoms with Gasteiger partial charge < -0.3 is 21.1 Å². The van der Waals surface area contributed by atoms with Crippen LogP contribution < -0.4 is 16.4 Å². The molecular formula is C9H17N3O3. The van der Waals surface area contributed by atoms with Gasteiger partial charge in [0.05, 0.1) is 13.2 Å². The molecule has 1 unspecified atom stereocenters. The van der Waals surface area contributed by atoms with Crippen LogP contribution in [-0.4, -0.2) is 43.7 Å². The van der Waals surface area contributed by atoms with Crippen LogP contribution in [-0.2, 0) is 14.3 Å². The van der Waals surface area contributed by atoms with E-state index < -0.39 is 5.54 Å². The van der Waals surface area contributed by atoms with Gasteiger partial charge in [-0.2, -0.15) is 0 Å². The van der Waals surface area contributed by atoms with Crippen LogP contribution in [0.3, 0.4) is 0 Å². The maximum Gasteiger partial charge on any atom is 0.243 e. The summed E-state index contributed by atoms with van der Waals surface area (Å²) in [5.41, 5.74) is 4.83. The van der Waals surface area contributed by atoms with E-state index in [1.807, 2.05) is 6.92 Å². The molecule has 1 rings (SSSR count). The van der Waals surface area contributed by atoms with Crippen molar-refractivity contribution in [2.45, 2.75) is 18.9 Å². The number of carbonyl (C=O) groups excluding carboxylic acids is 2. The Morgan fingerprint density at radius 2 is 2.20 bits per heavy atom. The Morgan fingerprint density at radius 1 is 1.47 bits per heavy atom. The average molecular weight is 215 g/mol. The van der Waals surface area contributed by atoms with Gasteiger partial charge in [0.1, 0.15) is 5.54 Å². The molecule has 0 aromatic carbocycles. The number of nitrogens with one attached hydrogen (secondary N) is 2. The zero-order valence-corrected chi connectivity index (χ0v) is 8.84. The molecule has 1 heterocycles. The number of amides is 2. The summed E-state index contributed by atoms with van der Waals surface area (Å²) in [6, 6.07) is 0. The molecular weight excluding hydrogens is 198 g/mol. The zero-order chi connectivity index (χ0) is 11.3. The minimum atomic E-state index is -0.966. The number of hydrogen-bond donors (Lipinski definition) is 3. The normalized spacial score (nSPS) is 24.9. The van der Waals surface area contributed by atoms with Crippen LogP contribution in [0.5, 0.6) is 0 Å². The summed E-state index contributed by atoms with van der Waals surface area (Å²) in [6.07, 6.45) is 0.494. The molecule has 15 heavy (non-hydrogen) atoms. The number of hydrogen-bond acceptors (Lipinski definition) is 4. The lowest BCUT2D eigenvalue weighted by atomic mass is 9.99. The van der Waals surface area contributed by atoms with Crippen molar-refractivity contribution in [1.29, 1.82) is 0 Å². The van der Waals surface area contributed by atoms with Crippen LogP contribution >= 0.6 is 0 Å². The third-order valence-corrected chi connectivity index (χ3v) is 2.29. The van der Waals surface area contributed by atoms with E-state index in [2.05, 4.69) is 10.6 Å². The quantitative estimate of drug-likeness (QED) is 0.524. The van der Waals surface area contributed by atoms with Crippen molar-refractivity contribution in [1.82, 2.24) is 10.6 Å². The van der Waals surface area contributed by atoms with Crippen LogP contribution in [0.25, 0.3) is 0 Å². The van der Waals surface area contributed by atoms with Crippen molar-refractivity contribution < 1.29 is 14.3 Å². The number of ether oxygens (including phenoxy) is 1. The van der Waals surface area contributed by atoms with Gasteiger partial charge in [0.25, 0.3) is 0 Å². The van der Waals surface area contributed by atoms with E-state index >= 15 is 0 Å². The van der Waals surface area contributed by atoms with Gasteiger partial charge in [-0.1, -0.05) is 0 Å². The van der Waals surface area contributed by atoms with E-state index in [-0.39, 0.29) is 25.0 Å². The summed E-state index contributed by atoms with van der Waals surface area (Å²) in [7, 11) is 0. The van der Waals surface area contributed by atoms with Crippen molar-refractivity contribution in [2.24, 2.45) is 5.73 Å². The molecule has 0 radical (unpaired) electrons. The van der Waals surface area contributed by atoms with Crippen LogP contribution in [0.1, 0.15) is 13.3 Å². The van der Waals surface area contributed by atoms with Gasteiger partial charge in [0.2, 0.25) is 11.8 Å². The minimum Gasteiger partial charge on any atom is -0.379 e. The topological polar surface area (TPSA) is 93.5 Å². The number of rotatable bonds is 4. The first-order valence-corrected chi connectivity index (χ1v) is 5.00. The highest BCUT2D eigenvalue weighted by Crippen LogP contribution is 2.14. The summed E-state index contributed by atoms with van der Waals surface area (Å²) >= 11 is 0. The first kappa shape index (κ1) is 11.9. The standard InChI is InChI=1S/C9H17N3O3/c1-2-11-7(13)5-12-8(14)9(10)3-4-15-6-9/h2-6,10H2,1H3,(H,11,13)(H,12,14). The lowest BCUT2D eigenvalue weighted by Gasteiger charge is -2.20. The highest BCUT2D eigenvalue weighted by molar-refractivity contribution is 5.90. The molecule has 4 N–H and O–H groups in total. The number of nitrogens with two attached hydrogens (primary N) is 1. The maximum atomic E-state index is 11.6. The third kappa shape index (κ3) is 3.17. The Hall–Kier alpha value is -1.14. The highest BCUT2D eigenvalue weighted by atomic mass is 16.5. The Kier molecular flexibility index (Phi) is 4.05. The predicted molar refractivity (Wildman–Crippen MR) is 54.0 cm³/mol. The van der Waals surface area contributed by atoms with Gasteiger partial charge in [-0.15, -0.1) is 0 Å². The first-order valence-electron chi connectivity index (χ1n) is 5.00. The SMILES string of the molecule is CCNC(=O)CNC(=O)C1(N)CCOC1. The van der Waals surface area contributed by atoms with Crippen molar-refractivity contribution in [2.75, 3.05) is 26.3 Å². The van der Waals surface area contributed by atoms with E-state index in [9.17, 15) is 9.59 Å². The Balaban J connectivity index is 2.32. The molecule has 0 aliphatic carbocycles. The Labute approximate surface area is 88.5 Å². The summed E-state index contributed by atoms with van der Waals surface area (Å²) in [6.45, 7) is 3.03. The second kappa shape index (κ2) is 5.09. The molecule has 1 aliphatic rings. The van der Waals surface area contributed by atoms with Crippen LogP contribution in [0.4, 0.5) is 0 Å². The Morgan fingerprint density at radius 3 is 2.73 bits per heavy atom. The number of likely N-dealkylation sites (N-methyl/N-ethyl adjacent to an activating group) is 1. The summed E-state index contributed by atoms with van der Waals surface area (Å²) in [5.74, 6) is -0.542. The van der Waals surface area contributed by atoms with Gasteiger partial charge in [-0.3, -0.25) is 9.59 Å². The molecule has 6 heteroatoms. The largest absolute Gasteiger partial charge is 0.379 e. The van der Waals surface area contributed by atoms with Crippen molar-refractivity contribution in [3.8, 4) is 0 Å². The van der Waals surface area contributed by atoms with E-state index in [4.69, 9.17) is 10.5 Å². The maximum absolute atomic E-state index is 11.6. The molecule has 1 fully saturated rings. The van der Waals surface area contributed by atoms with E-state index in [0.717, 1.165) is 0 Å². The molecule has 0 spiro atoms. The van der Waals surface area contributed by atoms with Crippen molar-refractivity contribution in [3.63, 3.8) is 0 Å². The summed E-state index contributed by atoms with van der Waals surface area (Å²) < 4.78 is 5.05. The second-order valence-electron chi connectivity index (χ2n) is 3.59. The van der Waals surface area contributed by atoms with E-state index in [0.29, 0.717) is 19.6 Å². The predicted octanol–water partition coefficient (Wildman–Crippen LogP) is -1.64. The van der Waals surface area contributed by atoms with Gasteiger partial charge in [-0.25, -0.2) is 0 Å². The molecule has 1 aliphatic heterocycles. The Bertz CT molecular complexity index is 249. The van der Waals surface area contributed by atoms with Gasteiger partial charge in [0, 0.05) is 13.2 Å². The van der Waals surface area contributed by atoms with Crippen LogP contribution in [0, 0.1) is 0 Å². The molecule has 0 aromatic rings. The van der Waals surface area contributed by atoms with Crippen LogP contribution in [0.15, 0.2) is 0 Å². The molecule has 6 nitrogen and oxygen atoms in total. The monoisotopic (exact) mass is 215 g/mol. The lowest BCUT2D eigenvalue weighted by Crippen LogP contribution is -2.55. The minimum absolute atomic E-state index is 0.0361. The molecule has 1 atom stereocenters. The molecule has 86 valence electrons. The van der Waals surface area contributed by atoms with Crippen molar-refractivity contribution in [3.05, 3.63) is 0 Å². The smallest absolute Gasteiger partial charge is 0.243 e. The molecule has 1 saturated heterocycles. The van der Waals surface area contributed by atoms with Crippen LogP contribution in [0.2, 0.25) is 0 Å². The molecule has 2 amide bonds. The molecule has 0 saturated carbocycles. The van der Waals surface area contributed by atoms with E-state index in [1.54, 1.807) is 0 Å². The summed E-state index contributed by atoms with van der Waals surface area (Å²) in [5, 5.41) is 5.07. The highest BCUT2D eigenvalue weighted by Gasteiger charge is 2.38. The van der Waals surface area contributed by atoms with E-state index in [1.165, 1.54) is 0 Å². The first-order chi connectivity index (χ1) is 7.08. The summed E-state index contributed by atoms with van der Waals surface area (Å²) in [4.78, 5) is 22.6. The average Bonchev–Trinajstić information content (AvgIpc) is 2.63. The number of carbonyl (C=O) groups is 2. The van der Waals surface area contributed by atoms with Gasteiger partial charge in [-0.05, 0) is 13.3 Å². The van der Waals surface area contributed by atoms with Gasteiger partial charge in [0.15, 0.2) is 0 Å². The molecule has 0 aromatic heterocycles. The fourth-order valence-corrected chi connectivity index (χ4v) is 1.36. The third-order valence-electron chi connectivity index (χ3n) is 2.29. The van der Waals surface area contributed by atoms with Crippen molar-refractivity contribution >= 4 is 11.8 Å². The lowest BCUT2D eigenvalue weighted by molar-refractivity contribution is -0.129. The fraction of sp³-hybridized carbons (Fsp3) is 0.778. The molecule has 0 bridgehead atoms.